The lowest BCUT2D eigenvalue weighted by molar-refractivity contribution is 0.256. The second-order valence-corrected chi connectivity index (χ2v) is 5.24. The molecule has 1 unspecified atom stereocenters. The molecule has 0 aliphatic carbocycles. The summed E-state index contributed by atoms with van der Waals surface area (Å²) in [5.41, 5.74) is 3.45. The van der Waals surface area contributed by atoms with Crippen LogP contribution in [0.5, 0.6) is 0 Å². The quantitative estimate of drug-likeness (QED) is 0.899. The van der Waals surface area contributed by atoms with Gasteiger partial charge in [-0.05, 0) is 31.4 Å². The summed E-state index contributed by atoms with van der Waals surface area (Å²) in [7, 11) is 0. The van der Waals surface area contributed by atoms with Gasteiger partial charge in [-0.15, -0.1) is 11.3 Å². The normalized spacial score (nSPS) is 12.6. The minimum atomic E-state index is -0.238. The number of nitrogens with zero attached hydrogens (tertiary/aromatic N) is 1. The summed E-state index contributed by atoms with van der Waals surface area (Å²) in [6.07, 6.45) is 1.57. The molecule has 2 aromatic rings. The number of benzene rings is 1. The molecule has 0 spiro atoms. The predicted octanol–water partition coefficient (Wildman–Crippen LogP) is 3.30. The van der Waals surface area contributed by atoms with Gasteiger partial charge in [0.2, 0.25) is 0 Å². The third-order valence-electron chi connectivity index (χ3n) is 3.13. The van der Waals surface area contributed by atoms with Crippen LogP contribution in [0.4, 0.5) is 4.39 Å². The first-order chi connectivity index (χ1) is 8.72. The van der Waals surface area contributed by atoms with Crippen LogP contribution in [0.25, 0.3) is 0 Å². The highest BCUT2D eigenvalue weighted by Gasteiger charge is 2.15. The minimum Gasteiger partial charge on any atom is -0.396 e. The maximum absolute atomic E-state index is 13.7. The first-order valence-electron chi connectivity index (χ1n) is 5.96. The Labute approximate surface area is 110 Å². The Kier molecular flexibility index (Phi) is 4.44. The van der Waals surface area contributed by atoms with E-state index in [-0.39, 0.29) is 18.3 Å². The van der Waals surface area contributed by atoms with Crippen LogP contribution in [0.15, 0.2) is 29.8 Å². The Bertz CT molecular complexity index is 512. The van der Waals surface area contributed by atoms with E-state index in [0.29, 0.717) is 5.56 Å². The summed E-state index contributed by atoms with van der Waals surface area (Å²) in [6, 6.07) is 6.66. The second-order valence-electron chi connectivity index (χ2n) is 4.30. The molecular weight excluding hydrogens is 249 g/mol. The molecule has 1 aromatic carbocycles. The van der Waals surface area contributed by atoms with Crippen LogP contribution in [0.3, 0.4) is 0 Å². The van der Waals surface area contributed by atoms with E-state index < -0.39 is 0 Å². The summed E-state index contributed by atoms with van der Waals surface area (Å²) in [5.74, 6) is -0.384. The summed E-state index contributed by atoms with van der Waals surface area (Å²) in [4.78, 5) is 5.41. The zero-order chi connectivity index (χ0) is 13.0. The molecule has 4 heteroatoms. The van der Waals surface area contributed by atoms with Gasteiger partial charge in [0.05, 0.1) is 17.8 Å². The molecule has 0 radical (unpaired) electrons. The lowest BCUT2D eigenvalue weighted by atomic mass is 9.94. The predicted molar refractivity (Wildman–Crippen MR) is 71.4 cm³/mol. The van der Waals surface area contributed by atoms with Crippen molar-refractivity contribution in [3.63, 3.8) is 0 Å². The fourth-order valence-electron chi connectivity index (χ4n) is 2.02. The number of halogens is 1. The topological polar surface area (TPSA) is 33.1 Å². The monoisotopic (exact) mass is 265 g/mol. The van der Waals surface area contributed by atoms with E-state index in [1.165, 1.54) is 10.9 Å². The standard InChI is InChI=1S/C14H16FNOS/c1-10-14(18-9-16-10)7-6-11(8-17)12-4-2-3-5-13(12)15/h2-5,9,11,17H,6-8H2,1H3. The Morgan fingerprint density at radius 3 is 2.78 bits per heavy atom. The Morgan fingerprint density at radius 2 is 2.17 bits per heavy atom. The van der Waals surface area contributed by atoms with Crippen LogP contribution in [-0.4, -0.2) is 16.7 Å². The van der Waals surface area contributed by atoms with Crippen LogP contribution < -0.4 is 0 Å². The highest BCUT2D eigenvalue weighted by molar-refractivity contribution is 7.09. The summed E-state index contributed by atoms with van der Waals surface area (Å²) in [5, 5.41) is 9.42. The molecule has 0 bridgehead atoms. The van der Waals surface area contributed by atoms with E-state index in [9.17, 15) is 9.50 Å². The van der Waals surface area contributed by atoms with E-state index in [0.717, 1.165) is 18.5 Å². The number of aliphatic hydroxyl groups excluding tert-OH is 1. The highest BCUT2D eigenvalue weighted by Crippen LogP contribution is 2.25. The fourth-order valence-corrected chi connectivity index (χ4v) is 2.82. The van der Waals surface area contributed by atoms with E-state index >= 15 is 0 Å². The number of aromatic nitrogens is 1. The molecule has 1 aromatic heterocycles. The molecule has 0 saturated carbocycles. The molecule has 0 aliphatic rings. The van der Waals surface area contributed by atoms with E-state index in [1.54, 1.807) is 29.5 Å². The molecule has 18 heavy (non-hydrogen) atoms. The van der Waals surface area contributed by atoms with Crippen molar-refractivity contribution in [2.24, 2.45) is 0 Å². The van der Waals surface area contributed by atoms with Gasteiger partial charge < -0.3 is 5.11 Å². The molecule has 0 aliphatic heterocycles. The van der Waals surface area contributed by atoms with Crippen molar-refractivity contribution < 1.29 is 9.50 Å². The first kappa shape index (κ1) is 13.2. The lowest BCUT2D eigenvalue weighted by Gasteiger charge is -2.14. The molecule has 2 nitrogen and oxygen atoms in total. The first-order valence-corrected chi connectivity index (χ1v) is 6.84. The average Bonchev–Trinajstić information content (AvgIpc) is 2.78. The van der Waals surface area contributed by atoms with Crippen molar-refractivity contribution in [3.05, 3.63) is 51.7 Å². The fraction of sp³-hybridized carbons (Fsp3) is 0.357. The Morgan fingerprint density at radius 1 is 1.39 bits per heavy atom. The van der Waals surface area contributed by atoms with Crippen LogP contribution >= 0.6 is 11.3 Å². The van der Waals surface area contributed by atoms with Crippen LogP contribution in [0.2, 0.25) is 0 Å². The molecule has 2 rings (SSSR count). The van der Waals surface area contributed by atoms with Gasteiger partial charge in [0, 0.05) is 10.8 Å². The third-order valence-corrected chi connectivity index (χ3v) is 4.13. The van der Waals surface area contributed by atoms with Gasteiger partial charge in [-0.1, -0.05) is 18.2 Å². The zero-order valence-electron chi connectivity index (χ0n) is 10.3. The van der Waals surface area contributed by atoms with Crippen molar-refractivity contribution in [1.29, 1.82) is 0 Å². The maximum Gasteiger partial charge on any atom is 0.126 e. The molecular formula is C14H16FNOS. The largest absolute Gasteiger partial charge is 0.396 e. The van der Waals surface area contributed by atoms with Gasteiger partial charge in [-0.25, -0.2) is 9.37 Å². The van der Waals surface area contributed by atoms with Crippen molar-refractivity contribution >= 4 is 11.3 Å². The number of thiazole rings is 1. The van der Waals surface area contributed by atoms with E-state index in [1.807, 2.05) is 12.4 Å². The zero-order valence-corrected chi connectivity index (χ0v) is 11.1. The number of hydrogen-bond acceptors (Lipinski definition) is 3. The summed E-state index contributed by atoms with van der Waals surface area (Å²) >= 11 is 1.61. The van der Waals surface area contributed by atoms with Crippen molar-refractivity contribution in [2.45, 2.75) is 25.7 Å². The van der Waals surface area contributed by atoms with E-state index in [4.69, 9.17) is 0 Å². The Balaban J connectivity index is 2.07. The number of aliphatic hydroxyl groups is 1. The van der Waals surface area contributed by atoms with Gasteiger partial charge >= 0.3 is 0 Å². The van der Waals surface area contributed by atoms with Crippen molar-refractivity contribution in [3.8, 4) is 0 Å². The molecule has 0 saturated heterocycles. The number of aryl methyl sites for hydroxylation is 2. The molecule has 0 amide bonds. The average molecular weight is 265 g/mol. The number of rotatable bonds is 5. The Hall–Kier alpha value is -1.26. The van der Waals surface area contributed by atoms with Gasteiger partial charge in [0.15, 0.2) is 0 Å². The summed E-state index contributed by atoms with van der Waals surface area (Å²) in [6.45, 7) is 1.95. The molecule has 0 fully saturated rings. The minimum absolute atomic E-state index is 0.0290. The van der Waals surface area contributed by atoms with Gasteiger partial charge in [-0.3, -0.25) is 0 Å². The lowest BCUT2D eigenvalue weighted by Crippen LogP contribution is -2.07. The summed E-state index contributed by atoms with van der Waals surface area (Å²) < 4.78 is 13.7. The van der Waals surface area contributed by atoms with Crippen molar-refractivity contribution in [2.75, 3.05) is 6.61 Å². The second kappa shape index (κ2) is 6.07. The SMILES string of the molecule is Cc1ncsc1CCC(CO)c1ccccc1F. The van der Waals surface area contributed by atoms with Gasteiger partial charge in [0.25, 0.3) is 0 Å². The van der Waals surface area contributed by atoms with E-state index in [2.05, 4.69) is 4.98 Å². The molecule has 1 atom stereocenters. The molecule has 96 valence electrons. The van der Waals surface area contributed by atoms with Crippen LogP contribution in [-0.2, 0) is 6.42 Å². The molecule has 1 N–H and O–H groups in total. The smallest absolute Gasteiger partial charge is 0.126 e. The van der Waals surface area contributed by atoms with Crippen LogP contribution in [0, 0.1) is 12.7 Å². The molecule has 1 heterocycles. The van der Waals surface area contributed by atoms with Gasteiger partial charge in [0.1, 0.15) is 5.82 Å². The number of hydrogen-bond donors (Lipinski definition) is 1. The highest BCUT2D eigenvalue weighted by atomic mass is 32.1. The maximum atomic E-state index is 13.7. The van der Waals surface area contributed by atoms with Crippen molar-refractivity contribution in [1.82, 2.24) is 4.98 Å². The third kappa shape index (κ3) is 2.94. The van der Waals surface area contributed by atoms with Gasteiger partial charge in [-0.2, -0.15) is 0 Å². The van der Waals surface area contributed by atoms with Crippen LogP contribution in [0.1, 0.15) is 28.5 Å².